The highest BCUT2D eigenvalue weighted by molar-refractivity contribution is 5.87. The second-order valence-corrected chi connectivity index (χ2v) is 2.48. The van der Waals surface area contributed by atoms with Crippen LogP contribution in [0.5, 0.6) is 0 Å². The summed E-state index contributed by atoms with van der Waals surface area (Å²) in [6, 6.07) is 5.24. The van der Waals surface area contributed by atoms with Crippen LogP contribution in [-0.2, 0) is 11.2 Å². The molecule has 0 N–H and O–H groups in total. The van der Waals surface area contributed by atoms with E-state index in [-0.39, 0.29) is 5.97 Å². The molecule has 3 nitrogen and oxygen atoms in total. The van der Waals surface area contributed by atoms with Crippen molar-refractivity contribution < 1.29 is 9.53 Å². The van der Waals surface area contributed by atoms with Gasteiger partial charge in [-0.2, -0.15) is 0 Å². The molecule has 1 rings (SSSR count). The van der Waals surface area contributed by atoms with E-state index in [9.17, 15) is 4.79 Å². The number of carbonyl (C=O) groups excluding carboxylic acids is 1. The molecule has 1 radical (unpaired) electrons. The zero-order valence-electron chi connectivity index (χ0n) is 7.62. The average molecular weight is 178 g/mol. The van der Waals surface area contributed by atoms with Crippen molar-refractivity contribution in [3.63, 3.8) is 0 Å². The fourth-order valence-electron chi connectivity index (χ4n) is 0.938. The van der Waals surface area contributed by atoms with E-state index in [0.717, 1.165) is 5.69 Å². The van der Waals surface area contributed by atoms with Crippen molar-refractivity contribution in [1.29, 1.82) is 0 Å². The van der Waals surface area contributed by atoms with Gasteiger partial charge in [-0.3, -0.25) is 0 Å². The van der Waals surface area contributed by atoms with Crippen molar-refractivity contribution in [1.82, 2.24) is 4.98 Å². The molecule has 0 aliphatic carbocycles. The maximum atomic E-state index is 11.2. The SMILES string of the molecule is [CH2]Cc1cccc(C(=O)OCC)n1. The molecule has 0 aliphatic rings. The van der Waals surface area contributed by atoms with Crippen LogP contribution in [0.3, 0.4) is 0 Å². The molecule has 1 aromatic rings. The first-order valence-electron chi connectivity index (χ1n) is 4.20. The monoisotopic (exact) mass is 178 g/mol. The summed E-state index contributed by atoms with van der Waals surface area (Å²) >= 11 is 0. The Balaban J connectivity index is 2.82. The third-order valence-electron chi connectivity index (χ3n) is 1.55. The minimum absolute atomic E-state index is 0.350. The van der Waals surface area contributed by atoms with Gasteiger partial charge in [-0.25, -0.2) is 9.78 Å². The minimum Gasteiger partial charge on any atom is -0.461 e. The lowest BCUT2D eigenvalue weighted by Crippen LogP contribution is -2.07. The Labute approximate surface area is 77.8 Å². The average Bonchev–Trinajstić information content (AvgIpc) is 2.18. The second kappa shape index (κ2) is 4.60. The largest absolute Gasteiger partial charge is 0.461 e. The summed E-state index contributed by atoms with van der Waals surface area (Å²) in [5, 5.41) is 0. The van der Waals surface area contributed by atoms with Crippen LogP contribution in [-0.4, -0.2) is 17.6 Å². The topological polar surface area (TPSA) is 39.2 Å². The Morgan fingerprint density at radius 3 is 3.00 bits per heavy atom. The number of hydrogen-bond acceptors (Lipinski definition) is 3. The van der Waals surface area contributed by atoms with E-state index < -0.39 is 0 Å². The van der Waals surface area contributed by atoms with Gasteiger partial charge in [0.15, 0.2) is 0 Å². The van der Waals surface area contributed by atoms with E-state index >= 15 is 0 Å². The van der Waals surface area contributed by atoms with Crippen LogP contribution in [0.25, 0.3) is 0 Å². The first-order chi connectivity index (χ1) is 6.27. The highest BCUT2D eigenvalue weighted by Gasteiger charge is 2.07. The highest BCUT2D eigenvalue weighted by Crippen LogP contribution is 2.01. The van der Waals surface area contributed by atoms with E-state index in [1.54, 1.807) is 19.1 Å². The molecule has 0 spiro atoms. The summed E-state index contributed by atoms with van der Waals surface area (Å²) in [7, 11) is 0. The number of rotatable bonds is 3. The first kappa shape index (κ1) is 9.71. The third-order valence-corrected chi connectivity index (χ3v) is 1.55. The molecule has 0 aromatic carbocycles. The molecule has 3 heteroatoms. The number of ether oxygens (including phenoxy) is 1. The number of aromatic nitrogens is 1. The molecule has 0 atom stereocenters. The van der Waals surface area contributed by atoms with E-state index in [4.69, 9.17) is 4.74 Å². The molecule has 0 unspecified atom stereocenters. The Morgan fingerprint density at radius 1 is 1.62 bits per heavy atom. The normalized spacial score (nSPS) is 9.69. The van der Waals surface area contributed by atoms with Crippen molar-refractivity contribution in [2.75, 3.05) is 6.61 Å². The van der Waals surface area contributed by atoms with Crippen molar-refractivity contribution in [3.05, 3.63) is 36.5 Å². The lowest BCUT2D eigenvalue weighted by Gasteiger charge is -2.01. The van der Waals surface area contributed by atoms with Crippen molar-refractivity contribution in [2.45, 2.75) is 13.3 Å². The summed E-state index contributed by atoms with van der Waals surface area (Å²) in [6.45, 7) is 5.82. The lowest BCUT2D eigenvalue weighted by molar-refractivity contribution is 0.0519. The number of esters is 1. The maximum Gasteiger partial charge on any atom is 0.356 e. The quantitative estimate of drug-likeness (QED) is 0.660. The van der Waals surface area contributed by atoms with Gasteiger partial charge in [0.2, 0.25) is 0 Å². The number of nitrogens with zero attached hydrogens (tertiary/aromatic N) is 1. The Morgan fingerprint density at radius 2 is 2.38 bits per heavy atom. The fourth-order valence-corrected chi connectivity index (χ4v) is 0.938. The predicted molar refractivity (Wildman–Crippen MR) is 49.3 cm³/mol. The van der Waals surface area contributed by atoms with E-state index in [2.05, 4.69) is 11.9 Å². The number of hydrogen-bond donors (Lipinski definition) is 0. The van der Waals surface area contributed by atoms with Crippen LogP contribution < -0.4 is 0 Å². The van der Waals surface area contributed by atoms with Crippen LogP contribution in [0.4, 0.5) is 0 Å². The number of carbonyl (C=O) groups is 1. The van der Waals surface area contributed by atoms with Crippen molar-refractivity contribution in [2.24, 2.45) is 0 Å². The van der Waals surface area contributed by atoms with Crippen LogP contribution in [0.1, 0.15) is 23.1 Å². The van der Waals surface area contributed by atoms with Gasteiger partial charge in [0, 0.05) is 5.69 Å². The van der Waals surface area contributed by atoms with Gasteiger partial charge in [0.05, 0.1) is 6.61 Å². The zero-order chi connectivity index (χ0) is 9.68. The molecule has 0 aliphatic heterocycles. The van der Waals surface area contributed by atoms with Gasteiger partial charge < -0.3 is 4.74 Å². The number of pyridine rings is 1. The molecule has 69 valence electrons. The molecule has 13 heavy (non-hydrogen) atoms. The van der Waals surface area contributed by atoms with E-state index in [1.807, 2.05) is 6.07 Å². The van der Waals surface area contributed by atoms with Crippen LogP contribution >= 0.6 is 0 Å². The van der Waals surface area contributed by atoms with Crippen LogP contribution in [0.15, 0.2) is 18.2 Å². The fraction of sp³-hybridized carbons (Fsp3) is 0.300. The Hall–Kier alpha value is -1.38. The van der Waals surface area contributed by atoms with Gasteiger partial charge >= 0.3 is 5.97 Å². The van der Waals surface area contributed by atoms with Gasteiger partial charge in [-0.1, -0.05) is 6.07 Å². The van der Waals surface area contributed by atoms with Crippen LogP contribution in [0.2, 0.25) is 0 Å². The first-order valence-corrected chi connectivity index (χ1v) is 4.20. The summed E-state index contributed by atoms with van der Waals surface area (Å²) in [6.07, 6.45) is 0.577. The Bertz CT molecular complexity index is 297. The molecule has 1 heterocycles. The minimum atomic E-state index is -0.377. The van der Waals surface area contributed by atoms with Gasteiger partial charge in [0.25, 0.3) is 0 Å². The Kier molecular flexibility index (Phi) is 3.43. The predicted octanol–water partition coefficient (Wildman–Crippen LogP) is 1.63. The summed E-state index contributed by atoms with van der Waals surface area (Å²) in [5.41, 5.74) is 1.15. The second-order valence-electron chi connectivity index (χ2n) is 2.48. The molecule has 0 saturated heterocycles. The molecule has 1 aromatic heterocycles. The van der Waals surface area contributed by atoms with Crippen molar-refractivity contribution in [3.8, 4) is 0 Å². The molecule has 0 amide bonds. The van der Waals surface area contributed by atoms with E-state index in [0.29, 0.717) is 18.7 Å². The summed E-state index contributed by atoms with van der Waals surface area (Å²) in [5.74, 6) is -0.377. The summed E-state index contributed by atoms with van der Waals surface area (Å²) in [4.78, 5) is 15.3. The third kappa shape index (κ3) is 2.54. The molecule has 0 fully saturated rings. The van der Waals surface area contributed by atoms with E-state index in [1.165, 1.54) is 0 Å². The molecular formula is C10H12NO2. The summed E-state index contributed by atoms with van der Waals surface area (Å²) < 4.78 is 4.81. The van der Waals surface area contributed by atoms with Crippen LogP contribution in [0, 0.1) is 6.92 Å². The highest BCUT2D eigenvalue weighted by atomic mass is 16.5. The maximum absolute atomic E-state index is 11.2. The smallest absolute Gasteiger partial charge is 0.356 e. The zero-order valence-corrected chi connectivity index (χ0v) is 7.62. The van der Waals surface area contributed by atoms with Gasteiger partial charge in [-0.15, -0.1) is 0 Å². The standard InChI is InChI=1S/C10H12NO2/c1-3-8-6-5-7-9(11-8)10(12)13-4-2/h5-7H,1,3-4H2,2H3. The van der Waals surface area contributed by atoms with Gasteiger partial charge in [0.1, 0.15) is 5.69 Å². The molecular weight excluding hydrogens is 166 g/mol. The molecule has 0 saturated carbocycles. The molecule has 0 bridgehead atoms. The van der Waals surface area contributed by atoms with Gasteiger partial charge in [-0.05, 0) is 32.4 Å². The lowest BCUT2D eigenvalue weighted by atomic mass is 10.2. The van der Waals surface area contributed by atoms with Crippen molar-refractivity contribution >= 4 is 5.97 Å².